The number of nitrogens with zero attached hydrogens (tertiary/aromatic N) is 1. The number of aryl methyl sites for hydroxylation is 2. The second kappa shape index (κ2) is 12.8. The number of aromatic nitrogens is 1. The third-order valence-corrected chi connectivity index (χ3v) is 7.33. The van der Waals surface area contributed by atoms with E-state index in [1.54, 1.807) is 12.3 Å². The van der Waals surface area contributed by atoms with Crippen LogP contribution in [-0.2, 0) is 24.4 Å². The van der Waals surface area contributed by atoms with Gasteiger partial charge in [-0.2, -0.15) is 0 Å². The molecule has 4 N–H and O–H groups in total. The molecule has 7 heteroatoms. The van der Waals surface area contributed by atoms with Crippen molar-refractivity contribution in [1.82, 2.24) is 15.6 Å². The number of amides is 1. The highest BCUT2D eigenvalue weighted by molar-refractivity contribution is 5.99. The first-order valence-electron chi connectivity index (χ1n) is 13.7. The zero-order valence-electron chi connectivity index (χ0n) is 23.0. The Labute approximate surface area is 235 Å². The quantitative estimate of drug-likeness (QED) is 0.262. The molecule has 40 heavy (non-hydrogen) atoms. The van der Waals surface area contributed by atoms with E-state index in [-0.39, 0.29) is 23.9 Å². The van der Waals surface area contributed by atoms with E-state index in [0.29, 0.717) is 31.9 Å². The van der Waals surface area contributed by atoms with Crippen LogP contribution in [0.5, 0.6) is 5.75 Å². The summed E-state index contributed by atoms with van der Waals surface area (Å²) in [5.74, 6) is 0.699. The average molecular weight is 537 g/mol. The zero-order valence-corrected chi connectivity index (χ0v) is 23.0. The molecule has 2 atom stereocenters. The van der Waals surface area contributed by atoms with E-state index in [9.17, 15) is 4.79 Å². The first kappa shape index (κ1) is 27.4. The van der Waals surface area contributed by atoms with Crippen molar-refractivity contribution in [3.63, 3.8) is 0 Å². The van der Waals surface area contributed by atoms with Crippen molar-refractivity contribution >= 4 is 11.7 Å². The fourth-order valence-electron chi connectivity index (χ4n) is 4.92. The Morgan fingerprint density at radius 1 is 0.975 bits per heavy atom. The third kappa shape index (κ3) is 6.68. The molecule has 1 amide bonds. The maximum atomic E-state index is 13.3. The summed E-state index contributed by atoms with van der Waals surface area (Å²) in [4.78, 5) is 17.6. The summed E-state index contributed by atoms with van der Waals surface area (Å²) in [6.45, 7) is 6.58. The second-order valence-electron chi connectivity index (χ2n) is 10.2. The topological polar surface area (TPSA) is 98.5 Å². The van der Waals surface area contributed by atoms with Crippen LogP contribution in [-0.4, -0.2) is 36.1 Å². The lowest BCUT2D eigenvalue weighted by molar-refractivity contribution is 0.0357. The molecule has 2 heterocycles. The largest absolute Gasteiger partial charge is 0.489 e. The van der Waals surface area contributed by atoms with Gasteiger partial charge in [-0.15, -0.1) is 0 Å². The highest BCUT2D eigenvalue weighted by atomic mass is 16.5. The summed E-state index contributed by atoms with van der Waals surface area (Å²) in [5, 5.41) is 6.43. The average Bonchev–Trinajstić information content (AvgIpc) is 3.43. The van der Waals surface area contributed by atoms with Crippen molar-refractivity contribution in [1.29, 1.82) is 0 Å². The molecule has 1 aliphatic rings. The van der Waals surface area contributed by atoms with Crippen LogP contribution in [0.1, 0.15) is 39.5 Å². The van der Waals surface area contributed by atoms with Gasteiger partial charge in [0.25, 0.3) is 5.91 Å². The maximum Gasteiger partial charge on any atom is 0.255 e. The Kier molecular flexibility index (Phi) is 8.74. The molecule has 0 saturated carbocycles. The van der Waals surface area contributed by atoms with Gasteiger partial charge < -0.3 is 25.8 Å². The molecule has 1 aromatic heterocycles. The molecule has 1 aliphatic heterocycles. The van der Waals surface area contributed by atoms with Gasteiger partial charge in [0.1, 0.15) is 18.2 Å². The van der Waals surface area contributed by atoms with E-state index in [2.05, 4.69) is 47.7 Å². The number of nitrogens with two attached hydrogens (primary N) is 1. The predicted octanol–water partition coefficient (Wildman–Crippen LogP) is 5.07. The standard InChI is InChI=1S/C33H36N4O3/c1-3-25-15-24(10-9-22(25)2)21-40-31-19-35-18-30(31)37-33(38)29-16-27(17-36-32(29)34)26-11-13-28(14-12-26)39-20-23-7-5-4-6-8-23/h4-17,30-31,35H,3,18-21H2,1-2H3,(H2,34,36)(H,37,38)/t30?,31-/m0/s1. The third-order valence-electron chi connectivity index (χ3n) is 7.33. The summed E-state index contributed by atoms with van der Waals surface area (Å²) < 4.78 is 12.1. The molecule has 5 rings (SSSR count). The number of hydrogen-bond donors (Lipinski definition) is 3. The van der Waals surface area contributed by atoms with Crippen molar-refractivity contribution in [2.45, 2.75) is 45.6 Å². The molecular weight excluding hydrogens is 500 g/mol. The highest BCUT2D eigenvalue weighted by Crippen LogP contribution is 2.25. The molecule has 0 spiro atoms. The van der Waals surface area contributed by atoms with Gasteiger partial charge in [-0.25, -0.2) is 4.98 Å². The Morgan fingerprint density at radius 2 is 1.77 bits per heavy atom. The summed E-state index contributed by atoms with van der Waals surface area (Å²) in [7, 11) is 0. The number of ether oxygens (including phenoxy) is 2. The van der Waals surface area contributed by atoms with Crippen LogP contribution >= 0.6 is 0 Å². The zero-order chi connectivity index (χ0) is 27.9. The Balaban J connectivity index is 1.21. The van der Waals surface area contributed by atoms with Gasteiger partial charge in [0.05, 0.1) is 24.3 Å². The van der Waals surface area contributed by atoms with Crippen molar-refractivity contribution in [2.24, 2.45) is 0 Å². The van der Waals surface area contributed by atoms with Crippen LogP contribution < -0.4 is 21.1 Å². The maximum absolute atomic E-state index is 13.3. The van der Waals surface area contributed by atoms with Gasteiger partial charge >= 0.3 is 0 Å². The number of rotatable bonds is 10. The number of carbonyl (C=O) groups excluding carboxylic acids is 1. The minimum atomic E-state index is -0.263. The highest BCUT2D eigenvalue weighted by Gasteiger charge is 2.30. The fraction of sp³-hybridized carbons (Fsp3) is 0.273. The summed E-state index contributed by atoms with van der Waals surface area (Å²) in [6, 6.07) is 25.8. The van der Waals surface area contributed by atoms with Crippen molar-refractivity contribution < 1.29 is 14.3 Å². The summed E-state index contributed by atoms with van der Waals surface area (Å²) in [6.07, 6.45) is 2.53. The van der Waals surface area contributed by atoms with E-state index >= 15 is 0 Å². The fourth-order valence-corrected chi connectivity index (χ4v) is 4.92. The first-order chi connectivity index (χ1) is 19.5. The number of benzene rings is 3. The van der Waals surface area contributed by atoms with Crippen LogP contribution in [0.25, 0.3) is 11.1 Å². The number of carbonyl (C=O) groups is 1. The predicted molar refractivity (Wildman–Crippen MR) is 158 cm³/mol. The van der Waals surface area contributed by atoms with Crippen LogP contribution in [0.2, 0.25) is 0 Å². The molecule has 4 aromatic rings. The number of anilines is 1. The van der Waals surface area contributed by atoms with Crippen LogP contribution in [0.3, 0.4) is 0 Å². The molecule has 0 radical (unpaired) electrons. The first-order valence-corrected chi connectivity index (χ1v) is 13.7. The number of hydrogen-bond acceptors (Lipinski definition) is 6. The molecule has 1 unspecified atom stereocenters. The Bertz CT molecular complexity index is 1440. The molecule has 0 bridgehead atoms. The minimum absolute atomic E-state index is 0.142. The van der Waals surface area contributed by atoms with E-state index < -0.39 is 0 Å². The second-order valence-corrected chi connectivity index (χ2v) is 10.2. The SMILES string of the molecule is CCc1cc(CO[C@H]2CNCC2NC(=O)c2cc(-c3ccc(OCc4ccccc4)cc3)cnc2N)ccc1C. The molecule has 1 fully saturated rings. The summed E-state index contributed by atoms with van der Waals surface area (Å²) in [5.41, 5.74) is 13.1. The van der Waals surface area contributed by atoms with Crippen molar-refractivity contribution in [2.75, 3.05) is 18.8 Å². The number of nitrogen functional groups attached to an aromatic ring is 1. The molecule has 0 aliphatic carbocycles. The monoisotopic (exact) mass is 536 g/mol. The Hall–Kier alpha value is -4.20. The van der Waals surface area contributed by atoms with Gasteiger partial charge in [-0.1, -0.05) is 67.6 Å². The van der Waals surface area contributed by atoms with Crippen LogP contribution in [0.4, 0.5) is 5.82 Å². The van der Waals surface area contributed by atoms with E-state index in [4.69, 9.17) is 15.2 Å². The summed E-state index contributed by atoms with van der Waals surface area (Å²) >= 11 is 0. The molecule has 7 nitrogen and oxygen atoms in total. The number of nitrogens with one attached hydrogen (secondary N) is 2. The van der Waals surface area contributed by atoms with E-state index in [1.165, 1.54) is 11.1 Å². The Morgan fingerprint density at radius 3 is 2.55 bits per heavy atom. The van der Waals surface area contributed by atoms with E-state index in [1.807, 2.05) is 54.6 Å². The lowest BCUT2D eigenvalue weighted by atomic mass is 10.0. The normalized spacial score (nSPS) is 16.6. The van der Waals surface area contributed by atoms with Gasteiger partial charge in [-0.05, 0) is 59.4 Å². The number of pyridine rings is 1. The lowest BCUT2D eigenvalue weighted by Gasteiger charge is -2.21. The molecular formula is C33H36N4O3. The van der Waals surface area contributed by atoms with Gasteiger partial charge in [-0.3, -0.25) is 4.79 Å². The molecule has 3 aromatic carbocycles. The van der Waals surface area contributed by atoms with Gasteiger partial charge in [0.15, 0.2) is 0 Å². The van der Waals surface area contributed by atoms with Gasteiger partial charge in [0.2, 0.25) is 0 Å². The van der Waals surface area contributed by atoms with Crippen molar-refractivity contribution in [3.05, 3.63) is 113 Å². The van der Waals surface area contributed by atoms with Crippen LogP contribution in [0, 0.1) is 6.92 Å². The van der Waals surface area contributed by atoms with E-state index in [0.717, 1.165) is 34.4 Å². The lowest BCUT2D eigenvalue weighted by Crippen LogP contribution is -2.44. The van der Waals surface area contributed by atoms with Crippen molar-refractivity contribution in [3.8, 4) is 16.9 Å². The van der Waals surface area contributed by atoms with Crippen LogP contribution in [0.15, 0.2) is 85.1 Å². The minimum Gasteiger partial charge on any atom is -0.489 e. The van der Waals surface area contributed by atoms with Gasteiger partial charge in [0, 0.05) is 24.8 Å². The molecule has 206 valence electrons. The molecule has 1 saturated heterocycles. The smallest absolute Gasteiger partial charge is 0.255 e.